The first-order chi connectivity index (χ1) is 10.7. The minimum absolute atomic E-state index is 0.154. The monoisotopic (exact) mass is 316 g/mol. The van der Waals surface area contributed by atoms with Gasteiger partial charge in [-0.1, -0.05) is 41.9 Å². The second-order valence-electron chi connectivity index (χ2n) is 4.66. The molecule has 0 saturated heterocycles. The number of ether oxygens (including phenoxy) is 3. The van der Waals surface area contributed by atoms with E-state index in [9.17, 15) is 4.79 Å². The third kappa shape index (κ3) is 3.40. The Morgan fingerprint density at radius 2 is 2.05 bits per heavy atom. The van der Waals surface area contributed by atoms with E-state index in [1.807, 2.05) is 30.3 Å². The van der Waals surface area contributed by atoms with Crippen LogP contribution in [0.4, 0.5) is 0 Å². The van der Waals surface area contributed by atoms with Crippen LogP contribution in [0.2, 0.25) is 5.02 Å². The summed E-state index contributed by atoms with van der Waals surface area (Å²) in [7, 11) is 0. The average molecular weight is 317 g/mol. The molecule has 0 amide bonds. The van der Waals surface area contributed by atoms with E-state index < -0.39 is 5.97 Å². The SMILES string of the molecule is O=C(/C=C/c1cc(Cl)c2c(c1)OCO2)OCc1ccccc1. The van der Waals surface area contributed by atoms with E-state index in [1.165, 1.54) is 6.08 Å². The van der Waals surface area contributed by atoms with Gasteiger partial charge in [-0.25, -0.2) is 4.79 Å². The minimum Gasteiger partial charge on any atom is -0.458 e. The first kappa shape index (κ1) is 14.5. The molecule has 1 aliphatic heterocycles. The lowest BCUT2D eigenvalue weighted by Gasteiger charge is -2.02. The Kier molecular flexibility index (Phi) is 4.30. The lowest BCUT2D eigenvalue weighted by atomic mass is 10.2. The zero-order valence-corrected chi connectivity index (χ0v) is 12.4. The van der Waals surface area contributed by atoms with Crippen LogP contribution < -0.4 is 9.47 Å². The summed E-state index contributed by atoms with van der Waals surface area (Å²) in [5.74, 6) is 0.688. The van der Waals surface area contributed by atoms with E-state index in [0.29, 0.717) is 16.5 Å². The third-order valence-corrected chi connectivity index (χ3v) is 3.37. The van der Waals surface area contributed by atoms with Crippen molar-refractivity contribution >= 4 is 23.6 Å². The smallest absolute Gasteiger partial charge is 0.331 e. The quantitative estimate of drug-likeness (QED) is 0.635. The minimum atomic E-state index is -0.419. The molecular formula is C17H13ClO4. The van der Waals surface area contributed by atoms with Gasteiger partial charge in [0.05, 0.1) is 5.02 Å². The average Bonchev–Trinajstić information content (AvgIpc) is 3.01. The maximum atomic E-state index is 11.7. The van der Waals surface area contributed by atoms with Gasteiger partial charge in [-0.15, -0.1) is 0 Å². The molecule has 3 rings (SSSR count). The summed E-state index contributed by atoms with van der Waals surface area (Å²) < 4.78 is 15.7. The Morgan fingerprint density at radius 3 is 2.86 bits per heavy atom. The second-order valence-corrected chi connectivity index (χ2v) is 5.07. The maximum Gasteiger partial charge on any atom is 0.331 e. The maximum absolute atomic E-state index is 11.7. The summed E-state index contributed by atoms with van der Waals surface area (Å²) in [5.41, 5.74) is 1.68. The van der Waals surface area contributed by atoms with Crippen molar-refractivity contribution in [1.29, 1.82) is 0 Å². The largest absolute Gasteiger partial charge is 0.458 e. The van der Waals surface area contributed by atoms with E-state index in [-0.39, 0.29) is 13.4 Å². The number of hydrogen-bond donors (Lipinski definition) is 0. The molecule has 1 aliphatic rings. The van der Waals surface area contributed by atoms with E-state index in [4.69, 9.17) is 25.8 Å². The Bertz CT molecular complexity index is 710. The summed E-state index contributed by atoms with van der Waals surface area (Å²) in [6.45, 7) is 0.396. The van der Waals surface area contributed by atoms with E-state index >= 15 is 0 Å². The fraction of sp³-hybridized carbons (Fsp3) is 0.118. The fourth-order valence-electron chi connectivity index (χ4n) is 2.02. The van der Waals surface area contributed by atoms with Gasteiger partial charge in [0, 0.05) is 6.08 Å². The zero-order valence-electron chi connectivity index (χ0n) is 11.6. The Labute approximate surface area is 132 Å². The molecule has 0 fully saturated rings. The fourth-order valence-corrected chi connectivity index (χ4v) is 2.30. The van der Waals surface area contributed by atoms with Gasteiger partial charge < -0.3 is 14.2 Å². The molecule has 2 aromatic rings. The van der Waals surface area contributed by atoms with Gasteiger partial charge in [-0.3, -0.25) is 0 Å². The van der Waals surface area contributed by atoms with Gasteiger partial charge in [0.1, 0.15) is 6.61 Å². The van der Waals surface area contributed by atoms with Crippen LogP contribution in [-0.2, 0) is 16.1 Å². The van der Waals surface area contributed by atoms with Crippen molar-refractivity contribution in [1.82, 2.24) is 0 Å². The molecule has 0 bridgehead atoms. The first-order valence-electron chi connectivity index (χ1n) is 6.70. The van der Waals surface area contributed by atoms with Gasteiger partial charge >= 0.3 is 5.97 Å². The Morgan fingerprint density at radius 1 is 1.23 bits per heavy atom. The topological polar surface area (TPSA) is 44.8 Å². The van der Waals surface area contributed by atoms with Gasteiger partial charge in [0.25, 0.3) is 0 Å². The number of benzene rings is 2. The normalized spacial score (nSPS) is 12.6. The summed E-state index contributed by atoms with van der Waals surface area (Å²) >= 11 is 6.08. The van der Waals surface area contributed by atoms with Crippen molar-refractivity contribution in [3.63, 3.8) is 0 Å². The van der Waals surface area contributed by atoms with Crippen LogP contribution in [-0.4, -0.2) is 12.8 Å². The van der Waals surface area contributed by atoms with Crippen molar-refractivity contribution in [3.8, 4) is 11.5 Å². The molecule has 2 aromatic carbocycles. The second kappa shape index (κ2) is 6.54. The summed E-state index contributed by atoms with van der Waals surface area (Å²) in [6.07, 6.45) is 2.98. The zero-order chi connectivity index (χ0) is 15.4. The van der Waals surface area contributed by atoms with E-state index in [2.05, 4.69) is 0 Å². The van der Waals surface area contributed by atoms with Crippen LogP contribution in [0.25, 0.3) is 6.08 Å². The number of carbonyl (C=O) groups is 1. The predicted molar refractivity (Wildman–Crippen MR) is 82.8 cm³/mol. The van der Waals surface area contributed by atoms with Gasteiger partial charge in [0.2, 0.25) is 6.79 Å². The van der Waals surface area contributed by atoms with Crippen molar-refractivity contribution in [2.75, 3.05) is 6.79 Å². The molecule has 5 heteroatoms. The molecular weight excluding hydrogens is 304 g/mol. The molecule has 0 N–H and O–H groups in total. The van der Waals surface area contributed by atoms with Crippen LogP contribution in [0.15, 0.2) is 48.5 Å². The van der Waals surface area contributed by atoms with E-state index in [0.717, 1.165) is 11.1 Å². The lowest BCUT2D eigenvalue weighted by molar-refractivity contribution is -0.138. The van der Waals surface area contributed by atoms with Crippen LogP contribution in [0, 0.1) is 0 Å². The molecule has 1 heterocycles. The van der Waals surface area contributed by atoms with Crippen molar-refractivity contribution < 1.29 is 19.0 Å². The number of carbonyl (C=O) groups excluding carboxylic acids is 1. The van der Waals surface area contributed by atoms with Crippen LogP contribution in [0.5, 0.6) is 11.5 Å². The Balaban J connectivity index is 1.62. The van der Waals surface area contributed by atoms with Gasteiger partial charge in [-0.05, 0) is 29.3 Å². The lowest BCUT2D eigenvalue weighted by Crippen LogP contribution is -2.00. The number of hydrogen-bond acceptors (Lipinski definition) is 4. The highest BCUT2D eigenvalue weighted by Gasteiger charge is 2.17. The molecule has 0 spiro atoms. The molecule has 0 aromatic heterocycles. The summed E-state index contributed by atoms with van der Waals surface area (Å²) in [6, 6.07) is 13.0. The first-order valence-corrected chi connectivity index (χ1v) is 7.08. The van der Waals surface area contributed by atoms with Crippen molar-refractivity contribution in [2.45, 2.75) is 6.61 Å². The Hall–Kier alpha value is -2.46. The third-order valence-electron chi connectivity index (χ3n) is 3.09. The van der Waals surface area contributed by atoms with Crippen molar-refractivity contribution in [3.05, 3.63) is 64.7 Å². The number of rotatable bonds is 4. The van der Waals surface area contributed by atoms with Crippen LogP contribution in [0.1, 0.15) is 11.1 Å². The van der Waals surface area contributed by atoms with Gasteiger partial charge in [0.15, 0.2) is 11.5 Å². The number of halogens is 1. The molecule has 0 atom stereocenters. The van der Waals surface area contributed by atoms with Crippen molar-refractivity contribution in [2.24, 2.45) is 0 Å². The molecule has 22 heavy (non-hydrogen) atoms. The molecule has 4 nitrogen and oxygen atoms in total. The van der Waals surface area contributed by atoms with E-state index in [1.54, 1.807) is 18.2 Å². The van der Waals surface area contributed by atoms with Gasteiger partial charge in [-0.2, -0.15) is 0 Å². The standard InChI is InChI=1S/C17H13ClO4/c18-14-8-13(9-15-17(14)22-11-21-15)6-7-16(19)20-10-12-4-2-1-3-5-12/h1-9H,10-11H2/b7-6+. The molecule has 0 radical (unpaired) electrons. The molecule has 112 valence electrons. The van der Waals surface area contributed by atoms with Crippen LogP contribution in [0.3, 0.4) is 0 Å². The molecule has 0 aliphatic carbocycles. The molecule has 0 saturated carbocycles. The highest BCUT2D eigenvalue weighted by molar-refractivity contribution is 6.32. The number of fused-ring (bicyclic) bond motifs is 1. The predicted octanol–water partition coefficient (Wildman–Crippen LogP) is 3.83. The summed E-state index contributed by atoms with van der Waals surface area (Å²) in [5, 5.41) is 0.451. The van der Waals surface area contributed by atoms with Crippen LogP contribution >= 0.6 is 11.6 Å². The summed E-state index contributed by atoms with van der Waals surface area (Å²) in [4.78, 5) is 11.7. The highest BCUT2D eigenvalue weighted by atomic mass is 35.5. The number of esters is 1. The molecule has 0 unspecified atom stereocenters. The highest BCUT2D eigenvalue weighted by Crippen LogP contribution is 2.40.